The molecule has 0 unspecified atom stereocenters. The smallest absolute Gasteiger partial charge is 0.141 e. The van der Waals surface area contributed by atoms with Crippen molar-refractivity contribution in [2.45, 2.75) is 0 Å². The number of pyridine rings is 2. The van der Waals surface area contributed by atoms with Gasteiger partial charge in [0.2, 0.25) is 0 Å². The van der Waals surface area contributed by atoms with Crippen molar-refractivity contribution in [3.8, 4) is 62.0 Å². The standard InChI is InChI=1S/C35H19N3S/c36-20-22-15-17-29-25-8-2-1-7-24(25)26-16-14-21(19-31(26)28-12-6-18-37-33(28)34(29)38-22)23-10-5-11-30-27-9-3-4-13-32(27)39-35(23)30/h1-19H. The van der Waals surface area contributed by atoms with Gasteiger partial charge < -0.3 is 0 Å². The molecule has 0 atom stereocenters. The van der Waals surface area contributed by atoms with Crippen LogP contribution < -0.4 is 0 Å². The molecule has 0 saturated carbocycles. The summed E-state index contributed by atoms with van der Waals surface area (Å²) in [5, 5.41) is 12.2. The maximum Gasteiger partial charge on any atom is 0.141 e. The molecule has 0 bridgehead atoms. The van der Waals surface area contributed by atoms with E-state index in [1.165, 1.54) is 25.7 Å². The van der Waals surface area contributed by atoms with E-state index in [-0.39, 0.29) is 0 Å². The third-order valence-corrected chi connectivity index (χ3v) is 8.79. The normalized spacial score (nSPS) is 11.6. The van der Waals surface area contributed by atoms with Crippen molar-refractivity contribution in [1.82, 2.24) is 9.97 Å². The van der Waals surface area contributed by atoms with Gasteiger partial charge in [-0.15, -0.1) is 11.3 Å². The third-order valence-electron chi connectivity index (χ3n) is 7.57. The van der Waals surface area contributed by atoms with Crippen LogP contribution in [0.2, 0.25) is 0 Å². The summed E-state index contributed by atoms with van der Waals surface area (Å²) >= 11 is 1.84. The Morgan fingerprint density at radius 1 is 0.564 bits per heavy atom. The zero-order valence-corrected chi connectivity index (χ0v) is 21.5. The lowest BCUT2D eigenvalue weighted by Crippen LogP contribution is -2.01. The van der Waals surface area contributed by atoms with E-state index in [2.05, 4.69) is 97.1 Å². The van der Waals surface area contributed by atoms with Crippen LogP contribution in [0.25, 0.3) is 76.1 Å². The largest absolute Gasteiger partial charge is 0.254 e. The van der Waals surface area contributed by atoms with Crippen LogP contribution in [-0.2, 0) is 0 Å². The van der Waals surface area contributed by atoms with Gasteiger partial charge in [0.25, 0.3) is 0 Å². The monoisotopic (exact) mass is 513 g/mol. The van der Waals surface area contributed by atoms with E-state index < -0.39 is 0 Å². The number of thiophene rings is 1. The van der Waals surface area contributed by atoms with E-state index in [0.717, 1.165) is 50.3 Å². The molecule has 4 heteroatoms. The summed E-state index contributed by atoms with van der Waals surface area (Å²) in [5.41, 5.74) is 10.8. The Bertz CT molecular complexity index is 2150. The quantitative estimate of drug-likeness (QED) is 0.220. The van der Waals surface area contributed by atoms with E-state index in [9.17, 15) is 5.26 Å². The van der Waals surface area contributed by atoms with Crippen LogP contribution in [0.15, 0.2) is 115 Å². The van der Waals surface area contributed by atoms with Gasteiger partial charge in [-0.25, -0.2) is 4.98 Å². The van der Waals surface area contributed by atoms with E-state index in [1.807, 2.05) is 23.5 Å². The van der Waals surface area contributed by atoms with Crippen LogP contribution in [0.1, 0.15) is 5.69 Å². The number of nitrogens with zero attached hydrogens (tertiary/aromatic N) is 3. The van der Waals surface area contributed by atoms with Gasteiger partial charge in [0, 0.05) is 37.5 Å². The predicted octanol–water partition coefficient (Wildman–Crippen LogP) is 9.36. The van der Waals surface area contributed by atoms with Crippen molar-refractivity contribution in [1.29, 1.82) is 5.26 Å². The second-order valence-corrected chi connectivity index (χ2v) is 10.7. The molecule has 4 aromatic carbocycles. The molecule has 3 aromatic heterocycles. The van der Waals surface area contributed by atoms with Crippen LogP contribution in [-0.4, -0.2) is 9.97 Å². The first-order valence-electron chi connectivity index (χ1n) is 12.8. The van der Waals surface area contributed by atoms with Crippen molar-refractivity contribution in [2.24, 2.45) is 0 Å². The summed E-state index contributed by atoms with van der Waals surface area (Å²) in [6.07, 6.45) is 1.80. The van der Waals surface area contributed by atoms with Crippen molar-refractivity contribution < 1.29 is 0 Å². The fraction of sp³-hybridized carbons (Fsp3) is 0. The molecule has 0 fully saturated rings. The average Bonchev–Trinajstić information content (AvgIpc) is 3.39. The van der Waals surface area contributed by atoms with Crippen molar-refractivity contribution in [3.63, 3.8) is 0 Å². The summed E-state index contributed by atoms with van der Waals surface area (Å²) < 4.78 is 2.59. The first-order chi connectivity index (χ1) is 19.3. The fourth-order valence-corrected chi connectivity index (χ4v) is 7.07. The van der Waals surface area contributed by atoms with Crippen LogP contribution in [0.4, 0.5) is 0 Å². The topological polar surface area (TPSA) is 49.6 Å². The zero-order valence-electron chi connectivity index (χ0n) is 20.7. The van der Waals surface area contributed by atoms with Gasteiger partial charge in [-0.05, 0) is 63.7 Å². The highest BCUT2D eigenvalue weighted by Gasteiger charge is 2.24. The maximum absolute atomic E-state index is 9.64. The highest BCUT2D eigenvalue weighted by Crippen LogP contribution is 2.48. The minimum atomic E-state index is 0.383. The number of fused-ring (bicyclic) bond motifs is 11. The molecule has 39 heavy (non-hydrogen) atoms. The van der Waals surface area contributed by atoms with Gasteiger partial charge >= 0.3 is 0 Å². The van der Waals surface area contributed by atoms with Crippen molar-refractivity contribution in [3.05, 3.63) is 121 Å². The summed E-state index contributed by atoms with van der Waals surface area (Å²) in [6.45, 7) is 0. The highest BCUT2D eigenvalue weighted by atomic mass is 32.1. The minimum absolute atomic E-state index is 0.383. The molecule has 0 radical (unpaired) electrons. The highest BCUT2D eigenvalue weighted by molar-refractivity contribution is 7.26. The van der Waals surface area contributed by atoms with Gasteiger partial charge in [-0.3, -0.25) is 4.98 Å². The third kappa shape index (κ3) is 3.28. The Kier molecular flexibility index (Phi) is 4.75. The van der Waals surface area contributed by atoms with Gasteiger partial charge in [-0.2, -0.15) is 5.26 Å². The van der Waals surface area contributed by atoms with Crippen LogP contribution in [0, 0.1) is 11.3 Å². The Morgan fingerprint density at radius 3 is 2.15 bits per heavy atom. The number of nitriles is 1. The molecular weight excluding hydrogens is 494 g/mol. The van der Waals surface area contributed by atoms with E-state index in [0.29, 0.717) is 5.69 Å². The Morgan fingerprint density at radius 2 is 1.26 bits per heavy atom. The predicted molar refractivity (Wildman–Crippen MR) is 160 cm³/mol. The second kappa shape index (κ2) is 8.46. The molecule has 0 saturated heterocycles. The Balaban J connectivity index is 1.45. The number of hydrogen-bond donors (Lipinski definition) is 0. The zero-order chi connectivity index (χ0) is 25.9. The molecule has 0 amide bonds. The maximum atomic E-state index is 9.64. The van der Waals surface area contributed by atoms with Gasteiger partial charge in [-0.1, -0.05) is 78.9 Å². The summed E-state index contributed by atoms with van der Waals surface area (Å²) in [5.74, 6) is 0. The lowest BCUT2D eigenvalue weighted by molar-refractivity contribution is 1.22. The van der Waals surface area contributed by atoms with Crippen molar-refractivity contribution in [2.75, 3.05) is 0 Å². The number of rotatable bonds is 1. The summed E-state index contributed by atoms with van der Waals surface area (Å²) in [6, 6.07) is 40.5. The molecule has 1 aliphatic rings. The molecule has 3 nitrogen and oxygen atoms in total. The summed E-state index contributed by atoms with van der Waals surface area (Å²) in [4.78, 5) is 9.59. The Labute approximate surface area is 229 Å². The Hall–Kier alpha value is -5.11. The molecule has 0 aliphatic heterocycles. The first kappa shape index (κ1) is 21.9. The van der Waals surface area contributed by atoms with E-state index in [4.69, 9.17) is 9.97 Å². The molecule has 3 heterocycles. The van der Waals surface area contributed by atoms with E-state index >= 15 is 0 Å². The SMILES string of the molecule is N#Cc1ccc2c(n1)-c1ncccc1-c1cc(-c3cccc4c3sc3ccccc34)ccc1-c1ccccc1-2. The number of hydrogen-bond acceptors (Lipinski definition) is 4. The second-order valence-electron chi connectivity index (χ2n) is 9.69. The molecule has 1 aliphatic carbocycles. The number of benzene rings is 4. The number of aromatic nitrogens is 2. The molecule has 0 spiro atoms. The van der Waals surface area contributed by atoms with Crippen LogP contribution in [0.3, 0.4) is 0 Å². The van der Waals surface area contributed by atoms with E-state index in [1.54, 1.807) is 12.3 Å². The molecule has 8 rings (SSSR count). The molecule has 180 valence electrons. The van der Waals surface area contributed by atoms with Gasteiger partial charge in [0.1, 0.15) is 11.8 Å². The molecule has 0 N–H and O–H groups in total. The van der Waals surface area contributed by atoms with Crippen LogP contribution >= 0.6 is 11.3 Å². The lowest BCUT2D eigenvalue weighted by Gasteiger charge is -2.22. The lowest BCUT2D eigenvalue weighted by atomic mass is 9.83. The van der Waals surface area contributed by atoms with Crippen LogP contribution in [0.5, 0.6) is 0 Å². The minimum Gasteiger partial charge on any atom is -0.254 e. The first-order valence-corrected chi connectivity index (χ1v) is 13.6. The average molecular weight is 514 g/mol. The molecule has 7 aromatic rings. The van der Waals surface area contributed by atoms with Gasteiger partial charge in [0.15, 0.2) is 0 Å². The van der Waals surface area contributed by atoms with Gasteiger partial charge in [0.05, 0.1) is 11.4 Å². The summed E-state index contributed by atoms with van der Waals surface area (Å²) in [7, 11) is 0. The molecular formula is C35H19N3S. The van der Waals surface area contributed by atoms with Crippen molar-refractivity contribution >= 4 is 31.5 Å². The fourth-order valence-electron chi connectivity index (χ4n) is 5.83.